The molecule has 0 bridgehead atoms. The van der Waals surface area contributed by atoms with Crippen molar-refractivity contribution in [3.63, 3.8) is 0 Å². The molecule has 1 aromatic carbocycles. The number of hydrogen-bond acceptors (Lipinski definition) is 3. The van der Waals surface area contributed by atoms with Crippen molar-refractivity contribution in [1.82, 2.24) is 0 Å². The molecule has 0 atom stereocenters. The van der Waals surface area contributed by atoms with E-state index < -0.39 is 0 Å². The van der Waals surface area contributed by atoms with E-state index in [1.807, 2.05) is 12.1 Å². The van der Waals surface area contributed by atoms with Crippen molar-refractivity contribution < 1.29 is 8.83 Å². The predicted molar refractivity (Wildman–Crippen MR) is 73.6 cm³/mol. The van der Waals surface area contributed by atoms with Gasteiger partial charge in [0.15, 0.2) is 0 Å². The van der Waals surface area contributed by atoms with E-state index in [1.54, 1.807) is 0 Å². The molecule has 0 saturated heterocycles. The Morgan fingerprint density at radius 3 is 2.79 bits per heavy atom. The molecule has 0 amide bonds. The van der Waals surface area contributed by atoms with Gasteiger partial charge in [0, 0.05) is 34.9 Å². The zero-order chi connectivity index (χ0) is 13.0. The molecule has 96 valence electrons. The zero-order valence-electron chi connectivity index (χ0n) is 10.8. The SMILES string of the molecule is Cc1c2ccc(=O)oc2cc2oc3c(c12)CCCC3. The van der Waals surface area contributed by atoms with Gasteiger partial charge in [0.05, 0.1) is 0 Å². The monoisotopic (exact) mass is 254 g/mol. The van der Waals surface area contributed by atoms with Crippen LogP contribution in [0.3, 0.4) is 0 Å². The summed E-state index contributed by atoms with van der Waals surface area (Å²) in [7, 11) is 0. The van der Waals surface area contributed by atoms with E-state index in [-0.39, 0.29) is 5.63 Å². The molecule has 0 unspecified atom stereocenters. The molecular formula is C16H14O3. The van der Waals surface area contributed by atoms with Crippen molar-refractivity contribution in [3.8, 4) is 0 Å². The normalized spacial score (nSPS) is 15.0. The van der Waals surface area contributed by atoms with Crippen LogP contribution >= 0.6 is 0 Å². The lowest BCUT2D eigenvalue weighted by atomic mass is 9.93. The summed E-state index contributed by atoms with van der Waals surface area (Å²) in [5, 5.41) is 2.22. The van der Waals surface area contributed by atoms with Gasteiger partial charge in [-0.25, -0.2) is 4.79 Å². The van der Waals surface area contributed by atoms with Gasteiger partial charge >= 0.3 is 5.63 Å². The molecule has 3 nitrogen and oxygen atoms in total. The first-order valence-corrected chi connectivity index (χ1v) is 6.72. The highest BCUT2D eigenvalue weighted by atomic mass is 16.4. The topological polar surface area (TPSA) is 43.4 Å². The van der Waals surface area contributed by atoms with E-state index in [1.165, 1.54) is 29.9 Å². The summed E-state index contributed by atoms with van der Waals surface area (Å²) in [5.41, 5.74) is 3.66. The first kappa shape index (κ1) is 10.9. The maximum absolute atomic E-state index is 11.3. The van der Waals surface area contributed by atoms with Crippen LogP contribution in [0.15, 0.2) is 31.8 Å². The van der Waals surface area contributed by atoms with Gasteiger partial charge < -0.3 is 8.83 Å². The summed E-state index contributed by atoms with van der Waals surface area (Å²) < 4.78 is 11.2. The Kier molecular flexibility index (Phi) is 2.13. The molecule has 1 aliphatic rings. The van der Waals surface area contributed by atoms with Crippen LogP contribution in [0.4, 0.5) is 0 Å². The van der Waals surface area contributed by atoms with Gasteiger partial charge in [0.2, 0.25) is 0 Å². The number of furan rings is 1. The standard InChI is InChI=1S/C16H14O3/c1-9-10-6-7-15(17)19-13(10)8-14-16(9)11-4-2-3-5-12(11)18-14/h6-8H,2-5H2,1H3. The summed E-state index contributed by atoms with van der Waals surface area (Å²) in [4.78, 5) is 11.3. The van der Waals surface area contributed by atoms with Crippen molar-refractivity contribution in [3.05, 3.63) is 45.5 Å². The molecule has 2 heterocycles. The summed E-state index contributed by atoms with van der Waals surface area (Å²) in [5.74, 6) is 1.11. The Morgan fingerprint density at radius 2 is 1.89 bits per heavy atom. The predicted octanol–water partition coefficient (Wildman–Crippen LogP) is 3.73. The molecule has 0 fully saturated rings. The molecule has 3 aromatic rings. The molecular weight excluding hydrogens is 240 g/mol. The first-order chi connectivity index (χ1) is 9.24. The van der Waals surface area contributed by atoms with Gasteiger partial charge in [-0.15, -0.1) is 0 Å². The van der Waals surface area contributed by atoms with Crippen molar-refractivity contribution in [2.45, 2.75) is 32.6 Å². The van der Waals surface area contributed by atoms with E-state index in [2.05, 4.69) is 6.92 Å². The molecule has 0 N–H and O–H groups in total. The van der Waals surface area contributed by atoms with E-state index >= 15 is 0 Å². The van der Waals surface area contributed by atoms with Crippen LogP contribution in [0.5, 0.6) is 0 Å². The highest BCUT2D eigenvalue weighted by Crippen LogP contribution is 2.36. The molecule has 2 aromatic heterocycles. The van der Waals surface area contributed by atoms with Crippen LogP contribution in [0.25, 0.3) is 21.9 Å². The van der Waals surface area contributed by atoms with Crippen molar-refractivity contribution in [2.24, 2.45) is 0 Å². The smallest absolute Gasteiger partial charge is 0.336 e. The number of rotatable bonds is 0. The lowest BCUT2D eigenvalue weighted by Gasteiger charge is -2.09. The maximum Gasteiger partial charge on any atom is 0.336 e. The molecule has 1 aliphatic carbocycles. The highest BCUT2D eigenvalue weighted by Gasteiger charge is 2.20. The summed E-state index contributed by atoms with van der Waals surface area (Å²) in [6.07, 6.45) is 4.53. The van der Waals surface area contributed by atoms with Crippen LogP contribution in [0.1, 0.15) is 29.7 Å². The Labute approximate surface area is 109 Å². The summed E-state index contributed by atoms with van der Waals surface area (Å²) in [6, 6.07) is 5.18. The lowest BCUT2D eigenvalue weighted by Crippen LogP contribution is -1.99. The fourth-order valence-electron chi connectivity index (χ4n) is 3.20. The van der Waals surface area contributed by atoms with Gasteiger partial charge in [-0.3, -0.25) is 0 Å². The molecule has 3 heteroatoms. The Balaban J connectivity index is 2.18. The molecule has 0 aliphatic heterocycles. The minimum Gasteiger partial charge on any atom is -0.461 e. The highest BCUT2D eigenvalue weighted by molar-refractivity contribution is 5.99. The third-order valence-electron chi connectivity index (χ3n) is 4.10. The van der Waals surface area contributed by atoms with Crippen LogP contribution in [-0.4, -0.2) is 0 Å². The third kappa shape index (κ3) is 1.47. The fraction of sp³-hybridized carbons (Fsp3) is 0.312. The molecule has 4 rings (SSSR count). The minimum absolute atomic E-state index is 0.317. The number of hydrogen-bond donors (Lipinski definition) is 0. The molecule has 19 heavy (non-hydrogen) atoms. The number of aryl methyl sites for hydroxylation is 3. The number of benzene rings is 1. The Morgan fingerprint density at radius 1 is 1.05 bits per heavy atom. The average molecular weight is 254 g/mol. The van der Waals surface area contributed by atoms with Crippen molar-refractivity contribution in [1.29, 1.82) is 0 Å². The molecule has 0 spiro atoms. The van der Waals surface area contributed by atoms with Crippen LogP contribution in [-0.2, 0) is 12.8 Å². The second-order valence-electron chi connectivity index (χ2n) is 5.25. The fourth-order valence-corrected chi connectivity index (χ4v) is 3.20. The second kappa shape index (κ2) is 3.73. The summed E-state index contributed by atoms with van der Waals surface area (Å²) >= 11 is 0. The van der Waals surface area contributed by atoms with E-state index in [0.29, 0.717) is 5.58 Å². The lowest BCUT2D eigenvalue weighted by molar-refractivity contribution is 0.505. The van der Waals surface area contributed by atoms with E-state index in [4.69, 9.17) is 8.83 Å². The summed E-state index contributed by atoms with van der Waals surface area (Å²) in [6.45, 7) is 2.08. The van der Waals surface area contributed by atoms with Gasteiger partial charge in [0.25, 0.3) is 0 Å². The van der Waals surface area contributed by atoms with Gasteiger partial charge in [-0.2, -0.15) is 0 Å². The molecule has 0 radical (unpaired) electrons. The van der Waals surface area contributed by atoms with E-state index in [0.717, 1.165) is 35.1 Å². The maximum atomic E-state index is 11.3. The van der Waals surface area contributed by atoms with Gasteiger partial charge in [0.1, 0.15) is 16.9 Å². The average Bonchev–Trinajstić information content (AvgIpc) is 2.76. The van der Waals surface area contributed by atoms with Gasteiger partial charge in [-0.05, 0) is 37.8 Å². The zero-order valence-corrected chi connectivity index (χ0v) is 10.8. The van der Waals surface area contributed by atoms with Crippen LogP contribution < -0.4 is 5.63 Å². The quantitative estimate of drug-likeness (QED) is 0.574. The van der Waals surface area contributed by atoms with E-state index in [9.17, 15) is 4.79 Å². The molecule has 0 saturated carbocycles. The van der Waals surface area contributed by atoms with Crippen LogP contribution in [0.2, 0.25) is 0 Å². The van der Waals surface area contributed by atoms with Crippen molar-refractivity contribution in [2.75, 3.05) is 0 Å². The second-order valence-corrected chi connectivity index (χ2v) is 5.25. The Hall–Kier alpha value is -2.03. The Bertz CT molecular complexity index is 852. The number of fused-ring (bicyclic) bond motifs is 4. The van der Waals surface area contributed by atoms with Crippen LogP contribution in [0, 0.1) is 6.92 Å². The minimum atomic E-state index is -0.317. The first-order valence-electron chi connectivity index (χ1n) is 6.72. The third-order valence-corrected chi connectivity index (χ3v) is 4.10. The van der Waals surface area contributed by atoms with Crippen molar-refractivity contribution >= 4 is 21.9 Å². The largest absolute Gasteiger partial charge is 0.461 e. The van der Waals surface area contributed by atoms with Gasteiger partial charge in [-0.1, -0.05) is 0 Å².